The highest BCUT2D eigenvalue weighted by Crippen LogP contribution is 2.41. The van der Waals surface area contributed by atoms with Crippen LogP contribution in [-0.2, 0) is 63.7 Å². The third-order valence-electron chi connectivity index (χ3n) is 11.7. The van der Waals surface area contributed by atoms with E-state index >= 15 is 0 Å². The number of anilines is 2. The topological polar surface area (TPSA) is 290 Å². The Labute approximate surface area is 400 Å². The van der Waals surface area contributed by atoms with Crippen LogP contribution in [0.25, 0.3) is 21.9 Å². The second kappa shape index (κ2) is 22.1. The predicted octanol–water partition coefficient (Wildman–Crippen LogP) is 4.61. The summed E-state index contributed by atoms with van der Waals surface area (Å²) in [4.78, 5) is 77.8. The molecule has 70 heavy (non-hydrogen) atoms. The van der Waals surface area contributed by atoms with Crippen molar-refractivity contribution in [3.05, 3.63) is 89.0 Å². The van der Waals surface area contributed by atoms with Crippen LogP contribution in [-0.4, -0.2) is 153 Å². The number of nitrogens with zero attached hydrogens (tertiary/aromatic N) is 7. The number of nitro benzene ring substituents is 1. The van der Waals surface area contributed by atoms with E-state index in [9.17, 15) is 42.8 Å². The van der Waals surface area contributed by atoms with E-state index in [2.05, 4.69) is 15.0 Å². The zero-order chi connectivity index (χ0) is 50.2. The van der Waals surface area contributed by atoms with Gasteiger partial charge >= 0.3 is 24.2 Å². The minimum Gasteiger partial charge on any atom is -0.481 e. The molecule has 0 spiro atoms. The van der Waals surface area contributed by atoms with Crippen molar-refractivity contribution in [2.75, 3.05) is 76.8 Å². The number of imidazole rings is 1. The summed E-state index contributed by atoms with van der Waals surface area (Å²) in [6.07, 6.45) is -5.31. The van der Waals surface area contributed by atoms with Crippen molar-refractivity contribution >= 4 is 73.2 Å². The molecule has 1 amide bonds. The Hall–Kier alpha value is -7.06. The third kappa shape index (κ3) is 11.7. The molecule has 24 nitrogen and oxygen atoms in total. The molecule has 0 aliphatic carbocycles. The number of methoxy groups -OCH3 is 1. The van der Waals surface area contributed by atoms with Crippen LogP contribution in [0.3, 0.4) is 0 Å². The molecule has 0 radical (unpaired) electrons. The average molecular weight is 994 g/mol. The molecular weight excluding hydrogens is 943 g/mol. The van der Waals surface area contributed by atoms with Crippen LogP contribution in [0.15, 0.2) is 78.2 Å². The number of benzene rings is 3. The maximum absolute atomic E-state index is 13.6. The maximum atomic E-state index is 13.6. The number of non-ortho nitro benzene ring substituents is 1. The van der Waals surface area contributed by atoms with Crippen molar-refractivity contribution in [1.29, 1.82) is 0 Å². The molecule has 4 atom stereocenters. The van der Waals surface area contributed by atoms with Gasteiger partial charge in [0.25, 0.3) is 5.69 Å². The van der Waals surface area contributed by atoms with Crippen LogP contribution in [0.5, 0.6) is 0 Å². The number of amides is 1. The van der Waals surface area contributed by atoms with E-state index in [0.717, 1.165) is 22.3 Å². The second-order valence-electron chi connectivity index (χ2n) is 16.3. The van der Waals surface area contributed by atoms with Crippen LogP contribution < -0.4 is 9.80 Å². The molecule has 5 aromatic rings. The fraction of sp³-hybridized carbons (Fsp3) is 0.444. The first-order valence-corrected chi connectivity index (χ1v) is 23.6. The van der Waals surface area contributed by atoms with E-state index in [1.54, 1.807) is 30.3 Å². The van der Waals surface area contributed by atoms with Gasteiger partial charge in [-0.1, -0.05) is 36.4 Å². The Balaban J connectivity index is 1.11. The number of carbonyl (C=O) groups is 4. The lowest BCUT2D eigenvalue weighted by atomic mass is 10.1. The highest BCUT2D eigenvalue weighted by atomic mass is 32.2. The Kier molecular flexibility index (Phi) is 16.1. The number of sulfone groups is 1. The van der Waals surface area contributed by atoms with Crippen LogP contribution >= 0.6 is 0 Å². The molecule has 4 heterocycles. The maximum Gasteiger partial charge on any atom is 0.508 e. The van der Waals surface area contributed by atoms with Crippen molar-refractivity contribution in [3.8, 4) is 0 Å². The first-order chi connectivity index (χ1) is 33.5. The van der Waals surface area contributed by atoms with Gasteiger partial charge in [0.1, 0.15) is 31.7 Å². The summed E-state index contributed by atoms with van der Waals surface area (Å²) < 4.78 is 75.2. The third-order valence-corrected chi connectivity index (χ3v) is 13.4. The van der Waals surface area contributed by atoms with Gasteiger partial charge in [0.2, 0.25) is 0 Å². The summed E-state index contributed by atoms with van der Waals surface area (Å²) in [6.45, 7) is -0.818. The number of esters is 1. The summed E-state index contributed by atoms with van der Waals surface area (Å²) in [5.74, 6) is -4.07. The standard InChI is InChI=1S/C45H51N7O17S/c1-49(2)32-9-5-8-31-30(32)7-6-10-34(31)70(60,61)24-23-65-44(57)66-25-33-38(68-36(55)16-15-35(53)54)39(69-45(62-4)18-21-63-22-19-45)42(67-33)51-27-48-37-40(46-26-47-41(37)51)50(3)43(56)64-20-17-28-11-13-29(14-12-28)52(58)59/h5-14,26-27,33,38-39,42H,15-25H2,1-4H3,(H,53,54)/t33-,38-,39-,42-/m1/s1. The lowest BCUT2D eigenvalue weighted by molar-refractivity contribution is -0.384. The zero-order valence-corrected chi connectivity index (χ0v) is 39.4. The Morgan fingerprint density at radius 3 is 2.34 bits per heavy atom. The molecule has 2 fully saturated rings. The molecule has 0 unspecified atom stereocenters. The van der Waals surface area contributed by atoms with Gasteiger partial charge in [0, 0.05) is 76.1 Å². The smallest absolute Gasteiger partial charge is 0.481 e. The summed E-state index contributed by atoms with van der Waals surface area (Å²) in [5, 5.41) is 21.6. The number of hydrogen-bond donors (Lipinski definition) is 1. The molecule has 2 aromatic heterocycles. The monoisotopic (exact) mass is 993 g/mol. The molecule has 25 heteroatoms. The Morgan fingerprint density at radius 2 is 1.64 bits per heavy atom. The zero-order valence-electron chi connectivity index (χ0n) is 38.5. The van der Waals surface area contributed by atoms with Crippen LogP contribution in [0.4, 0.5) is 26.8 Å². The number of carbonyl (C=O) groups excluding carboxylic acids is 3. The van der Waals surface area contributed by atoms with Gasteiger partial charge in [-0.25, -0.2) is 33.0 Å². The Bertz CT molecular complexity index is 2820. The van der Waals surface area contributed by atoms with Crippen molar-refractivity contribution in [1.82, 2.24) is 19.5 Å². The van der Waals surface area contributed by atoms with E-state index < -0.39 is 101 Å². The number of hydrogen-bond acceptors (Lipinski definition) is 20. The molecule has 1 N–H and O–H groups in total. The fourth-order valence-electron chi connectivity index (χ4n) is 8.01. The number of rotatable bonds is 20. The number of carboxylic acid groups (broad SMARTS) is 1. The van der Waals surface area contributed by atoms with Gasteiger partial charge in [-0.2, -0.15) is 0 Å². The lowest BCUT2D eigenvalue weighted by Gasteiger charge is -2.39. The molecule has 7 rings (SSSR count). The van der Waals surface area contributed by atoms with E-state index in [1.165, 1.54) is 43.3 Å². The number of nitro groups is 1. The summed E-state index contributed by atoms with van der Waals surface area (Å²) >= 11 is 0. The summed E-state index contributed by atoms with van der Waals surface area (Å²) in [7, 11) is 2.54. The molecule has 2 aliphatic heterocycles. The van der Waals surface area contributed by atoms with E-state index in [1.807, 2.05) is 31.1 Å². The number of ether oxygens (including phenoxy) is 8. The number of fused-ring (bicyclic) bond motifs is 2. The highest BCUT2D eigenvalue weighted by Gasteiger charge is 2.53. The number of aliphatic carboxylic acids is 1. The second-order valence-corrected chi connectivity index (χ2v) is 18.4. The van der Waals surface area contributed by atoms with Crippen molar-refractivity contribution < 1.29 is 75.5 Å². The minimum absolute atomic E-state index is 0.0254. The Morgan fingerprint density at radius 1 is 0.914 bits per heavy atom. The van der Waals surface area contributed by atoms with Crippen LogP contribution in [0.2, 0.25) is 0 Å². The predicted molar refractivity (Wildman–Crippen MR) is 245 cm³/mol. The largest absolute Gasteiger partial charge is 0.508 e. The van der Waals surface area contributed by atoms with Gasteiger partial charge in [-0.05, 0) is 17.7 Å². The number of aromatic nitrogens is 4. The van der Waals surface area contributed by atoms with Crippen LogP contribution in [0.1, 0.15) is 37.5 Å². The molecule has 2 saturated heterocycles. The van der Waals surface area contributed by atoms with Gasteiger partial charge in [0.15, 0.2) is 44.9 Å². The van der Waals surface area contributed by atoms with E-state index in [4.69, 9.17) is 37.9 Å². The van der Waals surface area contributed by atoms with Gasteiger partial charge < -0.3 is 47.9 Å². The molecule has 0 saturated carbocycles. The molecule has 2 aliphatic rings. The number of carboxylic acids is 1. The van der Waals surface area contributed by atoms with Gasteiger partial charge in [-0.3, -0.25) is 29.2 Å². The molecule has 3 aromatic carbocycles. The average Bonchev–Trinajstić information content (AvgIpc) is 3.92. The summed E-state index contributed by atoms with van der Waals surface area (Å²) in [6, 6.07) is 16.0. The first-order valence-electron chi connectivity index (χ1n) is 21.9. The van der Waals surface area contributed by atoms with E-state index in [-0.39, 0.29) is 66.6 Å². The quantitative estimate of drug-likeness (QED) is 0.0366. The molecule has 0 bridgehead atoms. The normalized spacial score (nSPS) is 18.8. The molecular formula is C45H51N7O17S. The van der Waals surface area contributed by atoms with Crippen molar-refractivity contribution in [2.24, 2.45) is 0 Å². The van der Waals surface area contributed by atoms with Gasteiger partial charge in [0.05, 0.1) is 54.6 Å². The van der Waals surface area contributed by atoms with Gasteiger partial charge in [-0.15, -0.1) is 0 Å². The summed E-state index contributed by atoms with van der Waals surface area (Å²) in [5.41, 5.74) is 1.64. The highest BCUT2D eigenvalue weighted by molar-refractivity contribution is 7.91. The molecule has 374 valence electrons. The van der Waals surface area contributed by atoms with Crippen molar-refractivity contribution in [2.45, 2.75) is 67.3 Å². The minimum atomic E-state index is -3.98. The van der Waals surface area contributed by atoms with Crippen molar-refractivity contribution in [3.63, 3.8) is 0 Å². The first kappa shape index (κ1) is 50.8. The SMILES string of the molecule is COC1(O[C@@H]2[C@H](OC(=O)CCC(=O)O)[C@@H](COC(=O)OCCS(=O)(=O)c3cccc4c(N(C)C)cccc34)O[C@H]2n2cnc3c(N(C)C(=O)OCCc4ccc([N+](=O)[O-])cc4)ncnc32)CCOCC1. The van der Waals surface area contributed by atoms with E-state index in [0.29, 0.717) is 10.9 Å². The van der Waals surface area contributed by atoms with Crippen LogP contribution in [0, 0.1) is 10.1 Å². The lowest BCUT2D eigenvalue weighted by Crippen LogP contribution is -2.49. The fourth-order valence-corrected chi connectivity index (χ4v) is 9.33.